The SMILES string of the molecule is c1ccc(-c2nc(-c3ccccc3)nc(-c3cccc4c3sc3c(-n5c6ccccc6c6cc(-[n+]7cccc8c7Cc7c-8ccc8c9ccccc9n(-c9ccccc9)c78)ccc65)cccc34)n2)cc1. The molecule has 6 nitrogen and oxygen atoms in total. The Kier molecular flexibility index (Phi) is 8.49. The summed E-state index contributed by atoms with van der Waals surface area (Å²) in [6.07, 6.45) is 3.07. The Morgan fingerprint density at radius 1 is 0.400 bits per heavy atom. The molecule has 7 heteroatoms. The van der Waals surface area contributed by atoms with Crippen LogP contribution in [0.1, 0.15) is 11.3 Å². The molecular formula is C63H39N6S+. The van der Waals surface area contributed by atoms with Gasteiger partial charge in [-0.25, -0.2) is 15.0 Å². The molecule has 15 rings (SSSR count). The number of rotatable bonds is 6. The quantitative estimate of drug-likeness (QED) is 0.156. The number of aromatic nitrogens is 6. The first-order valence-electron chi connectivity index (χ1n) is 23.7. The van der Waals surface area contributed by atoms with E-state index in [9.17, 15) is 0 Å². The van der Waals surface area contributed by atoms with Crippen LogP contribution in [0.25, 0.3) is 126 Å². The van der Waals surface area contributed by atoms with Crippen molar-refractivity contribution in [3.63, 3.8) is 0 Å². The third kappa shape index (κ3) is 5.79. The Morgan fingerprint density at radius 2 is 0.986 bits per heavy atom. The predicted molar refractivity (Wildman–Crippen MR) is 287 cm³/mol. The second-order valence-corrected chi connectivity index (χ2v) is 19.1. The van der Waals surface area contributed by atoms with Crippen LogP contribution < -0.4 is 4.57 Å². The molecule has 0 spiro atoms. The highest BCUT2D eigenvalue weighted by Crippen LogP contribution is 2.46. The van der Waals surface area contributed by atoms with Crippen molar-refractivity contribution in [3.05, 3.63) is 236 Å². The van der Waals surface area contributed by atoms with E-state index >= 15 is 0 Å². The molecule has 0 N–H and O–H groups in total. The minimum atomic E-state index is 0.653. The lowest BCUT2D eigenvalue weighted by Crippen LogP contribution is -2.34. The number of nitrogens with zero attached hydrogens (tertiary/aromatic N) is 6. The van der Waals surface area contributed by atoms with Crippen LogP contribution in [0.15, 0.2) is 225 Å². The van der Waals surface area contributed by atoms with Gasteiger partial charge in [-0.2, -0.15) is 4.57 Å². The molecule has 0 fully saturated rings. The molecule has 0 atom stereocenters. The van der Waals surface area contributed by atoms with Gasteiger partial charge in [0, 0.05) is 77.6 Å². The van der Waals surface area contributed by atoms with E-state index in [-0.39, 0.29) is 0 Å². The maximum atomic E-state index is 5.16. The summed E-state index contributed by atoms with van der Waals surface area (Å²) >= 11 is 1.81. The van der Waals surface area contributed by atoms with Crippen LogP contribution in [0.2, 0.25) is 0 Å². The zero-order chi connectivity index (χ0) is 45.9. The number of pyridine rings is 1. The summed E-state index contributed by atoms with van der Waals surface area (Å²) < 4.78 is 9.71. The van der Waals surface area contributed by atoms with E-state index in [4.69, 9.17) is 15.0 Å². The summed E-state index contributed by atoms with van der Waals surface area (Å²) in [6, 6.07) is 78.3. The molecule has 0 amide bonds. The van der Waals surface area contributed by atoms with Crippen LogP contribution in [0.5, 0.6) is 0 Å². The van der Waals surface area contributed by atoms with Crippen LogP contribution in [0.4, 0.5) is 0 Å². The molecule has 14 aromatic rings. The van der Waals surface area contributed by atoms with E-state index in [1.807, 2.05) is 47.7 Å². The van der Waals surface area contributed by atoms with Crippen molar-refractivity contribution in [1.82, 2.24) is 24.1 Å². The first-order chi connectivity index (χ1) is 34.7. The number of hydrogen-bond acceptors (Lipinski definition) is 4. The van der Waals surface area contributed by atoms with Gasteiger partial charge in [0.05, 0.1) is 44.4 Å². The molecule has 0 aliphatic heterocycles. The van der Waals surface area contributed by atoms with Gasteiger partial charge in [0.1, 0.15) is 0 Å². The zero-order valence-electron chi connectivity index (χ0n) is 37.7. The molecule has 0 saturated heterocycles. The zero-order valence-corrected chi connectivity index (χ0v) is 38.5. The average molecular weight is 912 g/mol. The highest BCUT2D eigenvalue weighted by atomic mass is 32.1. The lowest BCUT2D eigenvalue weighted by molar-refractivity contribution is -0.602. The van der Waals surface area contributed by atoms with Crippen molar-refractivity contribution in [3.8, 4) is 62.4 Å². The van der Waals surface area contributed by atoms with Crippen molar-refractivity contribution >= 4 is 75.1 Å². The molecule has 5 heterocycles. The molecule has 70 heavy (non-hydrogen) atoms. The van der Waals surface area contributed by atoms with Gasteiger partial charge in [0.25, 0.3) is 0 Å². The summed E-state index contributed by atoms with van der Waals surface area (Å²) in [5.41, 5.74) is 16.5. The normalized spacial score (nSPS) is 12.2. The fraction of sp³-hybridized carbons (Fsp3) is 0.0159. The van der Waals surface area contributed by atoms with E-state index in [0.29, 0.717) is 17.5 Å². The van der Waals surface area contributed by atoms with E-state index in [0.717, 1.165) is 44.7 Å². The van der Waals surface area contributed by atoms with E-state index in [1.54, 1.807) is 0 Å². The van der Waals surface area contributed by atoms with Crippen molar-refractivity contribution in [2.24, 2.45) is 0 Å². The Morgan fingerprint density at radius 3 is 1.73 bits per heavy atom. The Bertz CT molecular complexity index is 4380. The van der Waals surface area contributed by atoms with Crippen LogP contribution in [-0.4, -0.2) is 24.1 Å². The molecule has 0 bridgehead atoms. The predicted octanol–water partition coefficient (Wildman–Crippen LogP) is 15.3. The monoisotopic (exact) mass is 911 g/mol. The summed E-state index contributed by atoms with van der Waals surface area (Å²) in [4.78, 5) is 15.3. The highest BCUT2D eigenvalue weighted by molar-refractivity contribution is 7.26. The molecule has 0 radical (unpaired) electrons. The van der Waals surface area contributed by atoms with Gasteiger partial charge >= 0.3 is 0 Å². The number of para-hydroxylation sites is 3. The van der Waals surface area contributed by atoms with Gasteiger partial charge < -0.3 is 9.13 Å². The number of benzene rings is 9. The Hall–Kier alpha value is -9.04. The summed E-state index contributed by atoms with van der Waals surface area (Å²) in [5.74, 6) is 1.97. The van der Waals surface area contributed by atoms with Gasteiger partial charge in [-0.15, -0.1) is 11.3 Å². The van der Waals surface area contributed by atoms with Crippen molar-refractivity contribution in [2.45, 2.75) is 6.42 Å². The molecule has 1 aliphatic rings. The summed E-state index contributed by atoms with van der Waals surface area (Å²) in [6.45, 7) is 0. The van der Waals surface area contributed by atoms with Crippen LogP contribution in [0, 0.1) is 0 Å². The fourth-order valence-corrected chi connectivity index (χ4v) is 12.5. The van der Waals surface area contributed by atoms with Crippen LogP contribution in [-0.2, 0) is 6.42 Å². The van der Waals surface area contributed by atoms with Gasteiger partial charge in [0.2, 0.25) is 5.69 Å². The molecular weight excluding hydrogens is 873 g/mol. The topological polar surface area (TPSA) is 52.4 Å². The minimum Gasteiger partial charge on any atom is -0.309 e. The molecule has 326 valence electrons. The average Bonchev–Trinajstić information content (AvgIpc) is 4.19. The number of hydrogen-bond donors (Lipinski definition) is 0. The summed E-state index contributed by atoms with van der Waals surface area (Å²) in [7, 11) is 0. The smallest absolute Gasteiger partial charge is 0.211 e. The third-order valence-electron chi connectivity index (χ3n) is 14.3. The van der Waals surface area contributed by atoms with Gasteiger partial charge in [-0.05, 0) is 59.7 Å². The number of fused-ring (bicyclic) bond motifs is 13. The van der Waals surface area contributed by atoms with Crippen LogP contribution >= 0.6 is 11.3 Å². The highest BCUT2D eigenvalue weighted by Gasteiger charge is 2.32. The van der Waals surface area contributed by atoms with Crippen molar-refractivity contribution in [2.75, 3.05) is 0 Å². The fourth-order valence-electron chi connectivity index (χ4n) is 11.2. The molecule has 1 aliphatic carbocycles. The van der Waals surface area contributed by atoms with Gasteiger partial charge in [-0.1, -0.05) is 152 Å². The van der Waals surface area contributed by atoms with Crippen molar-refractivity contribution < 1.29 is 4.57 Å². The lowest BCUT2D eigenvalue weighted by Gasteiger charge is -2.10. The molecule has 9 aromatic carbocycles. The van der Waals surface area contributed by atoms with Crippen molar-refractivity contribution in [1.29, 1.82) is 0 Å². The Labute approximate surface area is 406 Å². The maximum Gasteiger partial charge on any atom is 0.211 e. The molecule has 0 saturated carbocycles. The number of thiophene rings is 1. The molecule has 0 unspecified atom stereocenters. The van der Waals surface area contributed by atoms with Gasteiger partial charge in [-0.3, -0.25) is 0 Å². The minimum absolute atomic E-state index is 0.653. The maximum absolute atomic E-state index is 5.16. The van der Waals surface area contributed by atoms with Gasteiger partial charge in [0.15, 0.2) is 29.4 Å². The lowest BCUT2D eigenvalue weighted by atomic mass is 10.0. The van der Waals surface area contributed by atoms with E-state index in [1.165, 1.54) is 81.6 Å². The second kappa shape index (κ2) is 15.2. The second-order valence-electron chi connectivity index (χ2n) is 18.1. The standard InChI is InChI=1S/C63H39N6S/c1-4-17-39(18-5-1)61-64-62(40-19-6-2-7-20-40)66-63(65-61)50-27-14-25-48-49-26-15-31-56(60(49)70-59(48)50)69-54-30-13-11-24-46(54)51-37-42(32-35-55(51)69)67-36-16-28-44-43-33-34-47-45-23-10-12-29-53(45)68(41-21-8-3-9-22-41)58(47)52(43)38-57(44)67/h1-37H,38H2/q+1. The van der Waals surface area contributed by atoms with E-state index < -0.39 is 0 Å². The third-order valence-corrected chi connectivity index (χ3v) is 15.6. The van der Waals surface area contributed by atoms with Crippen LogP contribution in [0.3, 0.4) is 0 Å². The molecule has 5 aromatic heterocycles. The first-order valence-corrected chi connectivity index (χ1v) is 24.5. The largest absolute Gasteiger partial charge is 0.309 e. The Balaban J connectivity index is 0.881. The first kappa shape index (κ1) is 39.0. The summed E-state index contributed by atoms with van der Waals surface area (Å²) in [5, 5.41) is 7.39. The van der Waals surface area contributed by atoms with E-state index in [2.05, 4.69) is 202 Å².